The average Bonchev–Trinajstić information content (AvgIpc) is 2.35. The Morgan fingerprint density at radius 1 is 1.28 bits per heavy atom. The lowest BCUT2D eigenvalue weighted by molar-refractivity contribution is 0.177. The molecule has 2 amide bonds. The molecule has 0 unspecified atom stereocenters. The molecule has 0 spiro atoms. The molecule has 2 rings (SSSR count). The van der Waals surface area contributed by atoms with Gasteiger partial charge in [0.1, 0.15) is 0 Å². The van der Waals surface area contributed by atoms with E-state index < -0.39 is 0 Å². The smallest absolute Gasteiger partial charge is 0.315 e. The Morgan fingerprint density at radius 3 is 2.56 bits per heavy atom. The number of nitrogens with one attached hydrogen (secondary N) is 2. The van der Waals surface area contributed by atoms with E-state index in [-0.39, 0.29) is 11.6 Å². The minimum absolute atomic E-state index is 0.0352. The topological polar surface area (TPSA) is 41.1 Å². The van der Waals surface area contributed by atoms with E-state index in [1.165, 1.54) is 12.0 Å². The molecule has 18 heavy (non-hydrogen) atoms. The Hall–Kier alpha value is -1.51. The number of hydrogen-bond donors (Lipinski definition) is 2. The third kappa shape index (κ3) is 2.84. The Bertz CT molecular complexity index is 385. The quantitative estimate of drug-likeness (QED) is 0.770. The Balaban J connectivity index is 1.95. The fraction of sp³-hybridized carbons (Fsp3) is 0.533. The molecule has 0 radical (unpaired) electrons. The lowest BCUT2D eigenvalue weighted by atomic mass is 9.72. The summed E-state index contributed by atoms with van der Waals surface area (Å²) in [5, 5.41) is 6.08. The van der Waals surface area contributed by atoms with Crippen LogP contribution in [-0.2, 0) is 5.54 Å². The molecular formula is C15H22N2O. The third-order valence-corrected chi connectivity index (χ3v) is 3.70. The second-order valence-corrected chi connectivity index (χ2v) is 5.04. The Morgan fingerprint density at radius 2 is 2.00 bits per heavy atom. The number of hydrogen-bond acceptors (Lipinski definition) is 1. The Kier molecular flexibility index (Phi) is 4.24. The van der Waals surface area contributed by atoms with E-state index in [1.807, 2.05) is 18.2 Å². The van der Waals surface area contributed by atoms with Gasteiger partial charge >= 0.3 is 6.03 Å². The van der Waals surface area contributed by atoms with Gasteiger partial charge in [-0.05, 0) is 31.2 Å². The fourth-order valence-electron chi connectivity index (χ4n) is 2.41. The van der Waals surface area contributed by atoms with Crippen LogP contribution in [-0.4, -0.2) is 12.6 Å². The monoisotopic (exact) mass is 246 g/mol. The van der Waals surface area contributed by atoms with Crippen LogP contribution in [0.5, 0.6) is 0 Å². The molecule has 0 saturated heterocycles. The van der Waals surface area contributed by atoms with Crippen molar-refractivity contribution in [3.8, 4) is 0 Å². The number of carbonyl (C=O) groups is 1. The zero-order chi connectivity index (χ0) is 12.8. The standard InChI is InChI=1S/C15H22N2O/c1-2-3-12-16-14(18)17-15(10-7-11-15)13-8-5-4-6-9-13/h4-6,8-9H,2-3,7,10-12H2,1H3,(H2,16,17,18). The normalized spacial score (nSPS) is 16.7. The lowest BCUT2D eigenvalue weighted by Gasteiger charge is -2.43. The summed E-state index contributed by atoms with van der Waals surface area (Å²) in [4.78, 5) is 11.9. The number of urea groups is 1. The molecule has 1 aliphatic rings. The molecule has 0 bridgehead atoms. The van der Waals surface area contributed by atoms with Crippen LogP contribution in [0.15, 0.2) is 30.3 Å². The van der Waals surface area contributed by atoms with Crippen molar-refractivity contribution >= 4 is 6.03 Å². The van der Waals surface area contributed by atoms with E-state index >= 15 is 0 Å². The maximum atomic E-state index is 11.9. The number of amides is 2. The molecular weight excluding hydrogens is 224 g/mol. The first-order valence-corrected chi connectivity index (χ1v) is 6.88. The van der Waals surface area contributed by atoms with Gasteiger partial charge in [-0.15, -0.1) is 0 Å². The molecule has 1 fully saturated rings. The lowest BCUT2D eigenvalue weighted by Crippen LogP contribution is -2.54. The first-order chi connectivity index (χ1) is 8.77. The molecule has 0 aromatic heterocycles. The zero-order valence-electron chi connectivity index (χ0n) is 11.0. The largest absolute Gasteiger partial charge is 0.338 e. The van der Waals surface area contributed by atoms with Crippen molar-refractivity contribution in [2.24, 2.45) is 0 Å². The number of benzene rings is 1. The van der Waals surface area contributed by atoms with E-state index in [4.69, 9.17) is 0 Å². The maximum Gasteiger partial charge on any atom is 0.315 e. The second-order valence-electron chi connectivity index (χ2n) is 5.04. The SMILES string of the molecule is CCCCNC(=O)NC1(c2ccccc2)CCC1. The van der Waals surface area contributed by atoms with E-state index in [1.54, 1.807) is 0 Å². The summed E-state index contributed by atoms with van der Waals surface area (Å²) in [6.07, 6.45) is 5.40. The van der Waals surface area contributed by atoms with Gasteiger partial charge in [0.2, 0.25) is 0 Å². The van der Waals surface area contributed by atoms with Crippen LogP contribution in [0.1, 0.15) is 44.6 Å². The first kappa shape index (κ1) is 12.9. The van der Waals surface area contributed by atoms with Crippen molar-refractivity contribution < 1.29 is 4.79 Å². The van der Waals surface area contributed by atoms with Gasteiger partial charge in [-0.1, -0.05) is 43.7 Å². The van der Waals surface area contributed by atoms with Crippen LogP contribution in [0.4, 0.5) is 4.79 Å². The van der Waals surface area contributed by atoms with Gasteiger partial charge in [-0.2, -0.15) is 0 Å². The highest BCUT2D eigenvalue weighted by Crippen LogP contribution is 2.40. The average molecular weight is 246 g/mol. The predicted octanol–water partition coefficient (Wildman–Crippen LogP) is 3.17. The summed E-state index contributed by atoms with van der Waals surface area (Å²) in [5.74, 6) is 0. The van der Waals surface area contributed by atoms with Gasteiger partial charge in [-0.25, -0.2) is 4.79 Å². The summed E-state index contributed by atoms with van der Waals surface area (Å²) in [7, 11) is 0. The first-order valence-electron chi connectivity index (χ1n) is 6.88. The zero-order valence-corrected chi connectivity index (χ0v) is 11.0. The van der Waals surface area contributed by atoms with Gasteiger partial charge in [0, 0.05) is 6.54 Å². The summed E-state index contributed by atoms with van der Waals surface area (Å²) in [6, 6.07) is 10.2. The summed E-state index contributed by atoms with van der Waals surface area (Å²) in [5.41, 5.74) is 1.10. The van der Waals surface area contributed by atoms with Crippen molar-refractivity contribution in [3.05, 3.63) is 35.9 Å². The Labute approximate surface area is 109 Å². The summed E-state index contributed by atoms with van der Waals surface area (Å²) in [6.45, 7) is 2.88. The van der Waals surface area contributed by atoms with Crippen molar-refractivity contribution in [1.29, 1.82) is 0 Å². The molecule has 98 valence electrons. The van der Waals surface area contributed by atoms with Crippen molar-refractivity contribution in [3.63, 3.8) is 0 Å². The summed E-state index contributed by atoms with van der Waals surface area (Å²) < 4.78 is 0. The van der Waals surface area contributed by atoms with Crippen molar-refractivity contribution in [2.45, 2.75) is 44.6 Å². The van der Waals surface area contributed by atoms with E-state index in [2.05, 4.69) is 29.7 Å². The minimum atomic E-state index is -0.127. The predicted molar refractivity (Wildman–Crippen MR) is 73.4 cm³/mol. The molecule has 1 aromatic rings. The highest BCUT2D eigenvalue weighted by atomic mass is 16.2. The van der Waals surface area contributed by atoms with Gasteiger partial charge in [0.05, 0.1) is 5.54 Å². The number of unbranched alkanes of at least 4 members (excludes halogenated alkanes) is 1. The molecule has 2 N–H and O–H groups in total. The molecule has 3 nitrogen and oxygen atoms in total. The van der Waals surface area contributed by atoms with Crippen molar-refractivity contribution in [1.82, 2.24) is 10.6 Å². The highest BCUT2D eigenvalue weighted by molar-refractivity contribution is 5.75. The van der Waals surface area contributed by atoms with E-state index in [9.17, 15) is 4.79 Å². The minimum Gasteiger partial charge on any atom is -0.338 e. The molecule has 1 aromatic carbocycles. The maximum absolute atomic E-state index is 11.9. The van der Waals surface area contributed by atoms with Crippen LogP contribution in [0.2, 0.25) is 0 Å². The summed E-state index contributed by atoms with van der Waals surface area (Å²) >= 11 is 0. The fourth-order valence-corrected chi connectivity index (χ4v) is 2.41. The number of rotatable bonds is 5. The van der Waals surface area contributed by atoms with Gasteiger partial charge in [-0.3, -0.25) is 0 Å². The molecule has 3 heteroatoms. The molecule has 0 atom stereocenters. The third-order valence-electron chi connectivity index (χ3n) is 3.70. The van der Waals surface area contributed by atoms with E-state index in [0.717, 1.165) is 32.2 Å². The second kappa shape index (κ2) is 5.89. The molecule has 0 heterocycles. The van der Waals surface area contributed by atoms with Crippen LogP contribution in [0.3, 0.4) is 0 Å². The van der Waals surface area contributed by atoms with Gasteiger partial charge in [0.25, 0.3) is 0 Å². The van der Waals surface area contributed by atoms with Crippen LogP contribution in [0.25, 0.3) is 0 Å². The molecule has 1 aliphatic carbocycles. The highest BCUT2D eigenvalue weighted by Gasteiger charge is 2.39. The molecule has 1 saturated carbocycles. The molecule has 0 aliphatic heterocycles. The van der Waals surface area contributed by atoms with Gasteiger partial charge < -0.3 is 10.6 Å². The van der Waals surface area contributed by atoms with Crippen LogP contribution in [0, 0.1) is 0 Å². The van der Waals surface area contributed by atoms with E-state index in [0.29, 0.717) is 0 Å². The number of carbonyl (C=O) groups excluding carboxylic acids is 1. The van der Waals surface area contributed by atoms with Crippen LogP contribution >= 0.6 is 0 Å². The van der Waals surface area contributed by atoms with Gasteiger partial charge in [0.15, 0.2) is 0 Å². The van der Waals surface area contributed by atoms with Crippen LogP contribution < -0.4 is 10.6 Å². The van der Waals surface area contributed by atoms with Crippen molar-refractivity contribution in [2.75, 3.05) is 6.54 Å².